The van der Waals surface area contributed by atoms with Gasteiger partial charge in [0.1, 0.15) is 11.6 Å². The third kappa shape index (κ3) is 4.63. The summed E-state index contributed by atoms with van der Waals surface area (Å²) in [6.45, 7) is 0. The van der Waals surface area contributed by atoms with E-state index in [9.17, 15) is 25.1 Å². The van der Waals surface area contributed by atoms with E-state index < -0.39 is 11.9 Å². The molecule has 3 N–H and O–H groups in total. The number of rotatable bonds is 5. The molecule has 0 spiro atoms. The van der Waals surface area contributed by atoms with E-state index in [2.05, 4.69) is 15.0 Å². The number of methoxy groups -OCH3 is 1. The zero-order chi connectivity index (χ0) is 21.7. The Morgan fingerprint density at radius 3 is 2.53 bits per heavy atom. The Hall–Kier alpha value is -4.16. The van der Waals surface area contributed by atoms with Crippen molar-refractivity contribution in [1.82, 2.24) is 4.98 Å². The number of anilines is 1. The number of nitrogens with one attached hydrogen (secondary N) is 1. The Bertz CT molecular complexity index is 1180. The summed E-state index contributed by atoms with van der Waals surface area (Å²) in [5, 5.41) is 32.8. The maximum Gasteiger partial charge on any atom is 0.337 e. The zero-order valence-electron chi connectivity index (χ0n) is 15.6. The molecule has 0 unspecified atom stereocenters. The van der Waals surface area contributed by atoms with E-state index in [1.165, 1.54) is 42.7 Å². The van der Waals surface area contributed by atoms with E-state index in [1.54, 1.807) is 35.7 Å². The predicted molar refractivity (Wildman–Crippen MR) is 111 cm³/mol. The Morgan fingerprint density at radius 1 is 1.17 bits per heavy atom. The van der Waals surface area contributed by atoms with Crippen LogP contribution in [0, 0.1) is 11.3 Å². The van der Waals surface area contributed by atoms with Gasteiger partial charge in [0.2, 0.25) is 0 Å². The molecule has 0 fully saturated rings. The Balaban J connectivity index is 1.75. The first-order valence-electron chi connectivity index (χ1n) is 8.50. The topological polar surface area (TPSA) is 133 Å². The summed E-state index contributed by atoms with van der Waals surface area (Å²) in [5.74, 6) is -1.76. The number of carbonyl (C=O) groups excluding carboxylic acids is 2. The summed E-state index contributed by atoms with van der Waals surface area (Å²) in [5.41, 5.74) is 1.93. The monoisotopic (exact) mass is 421 g/mol. The summed E-state index contributed by atoms with van der Waals surface area (Å²) in [6, 6.07) is 12.4. The number of hydrogen-bond acceptors (Lipinski definition) is 8. The number of hydrogen-bond donors (Lipinski definition) is 3. The van der Waals surface area contributed by atoms with E-state index in [4.69, 9.17) is 0 Å². The average molecular weight is 421 g/mol. The SMILES string of the molecule is COC(=O)c1ccc(-c2csc(NC(=O)C(C#N)=Cc3ccc(O)c(O)c3)n2)cc1. The van der Waals surface area contributed by atoms with Crippen LogP contribution in [0.15, 0.2) is 53.4 Å². The van der Waals surface area contributed by atoms with E-state index in [-0.39, 0.29) is 17.1 Å². The molecule has 1 amide bonds. The molecule has 1 aromatic heterocycles. The van der Waals surface area contributed by atoms with E-state index >= 15 is 0 Å². The van der Waals surface area contributed by atoms with E-state index in [1.807, 2.05) is 0 Å². The van der Waals surface area contributed by atoms with Crippen molar-refractivity contribution in [3.8, 4) is 28.8 Å². The summed E-state index contributed by atoms with van der Waals surface area (Å²) >= 11 is 1.18. The summed E-state index contributed by atoms with van der Waals surface area (Å²) < 4.78 is 4.66. The molecule has 150 valence electrons. The van der Waals surface area contributed by atoms with Crippen molar-refractivity contribution >= 4 is 34.4 Å². The van der Waals surface area contributed by atoms with Gasteiger partial charge in [0.15, 0.2) is 16.6 Å². The van der Waals surface area contributed by atoms with Gasteiger partial charge in [-0.25, -0.2) is 9.78 Å². The molecule has 30 heavy (non-hydrogen) atoms. The normalized spacial score (nSPS) is 10.9. The predicted octanol–water partition coefficient (Wildman–Crippen LogP) is 3.55. The molecule has 0 saturated carbocycles. The molecule has 0 saturated heterocycles. The van der Waals surface area contributed by atoms with Crippen LogP contribution >= 0.6 is 11.3 Å². The number of carbonyl (C=O) groups is 2. The third-order valence-corrected chi connectivity index (χ3v) is 4.76. The molecule has 0 bridgehead atoms. The molecule has 8 nitrogen and oxygen atoms in total. The molecule has 3 aromatic rings. The van der Waals surface area contributed by atoms with Crippen molar-refractivity contribution in [2.75, 3.05) is 12.4 Å². The molecule has 2 aromatic carbocycles. The second kappa shape index (κ2) is 8.89. The number of amides is 1. The highest BCUT2D eigenvalue weighted by Gasteiger charge is 2.13. The second-order valence-electron chi connectivity index (χ2n) is 5.98. The number of esters is 1. The van der Waals surface area contributed by atoms with Gasteiger partial charge in [0.05, 0.1) is 18.4 Å². The number of aromatic hydroxyl groups is 2. The molecule has 0 atom stereocenters. The van der Waals surface area contributed by atoms with Crippen molar-refractivity contribution in [3.63, 3.8) is 0 Å². The standard InChI is InChI=1S/C21H15N3O5S/c1-29-20(28)14-5-3-13(4-6-14)16-11-30-21(23-16)24-19(27)15(10-22)8-12-2-7-17(25)18(26)9-12/h2-9,11,25-26H,1H3,(H,23,24,27). The second-order valence-corrected chi connectivity index (χ2v) is 6.84. The lowest BCUT2D eigenvalue weighted by Crippen LogP contribution is -2.13. The minimum Gasteiger partial charge on any atom is -0.504 e. The Morgan fingerprint density at radius 2 is 1.90 bits per heavy atom. The van der Waals surface area contributed by atoms with Crippen LogP contribution in [-0.4, -0.2) is 34.2 Å². The van der Waals surface area contributed by atoms with Crippen LogP contribution in [0.25, 0.3) is 17.3 Å². The number of phenols is 2. The Labute approximate surface area is 175 Å². The Kier molecular flexibility index (Phi) is 6.10. The van der Waals surface area contributed by atoms with Crippen molar-refractivity contribution < 1.29 is 24.5 Å². The molecular formula is C21H15N3O5S. The summed E-state index contributed by atoms with van der Waals surface area (Å²) in [6.07, 6.45) is 1.29. The first-order valence-corrected chi connectivity index (χ1v) is 9.38. The smallest absolute Gasteiger partial charge is 0.337 e. The molecular weight excluding hydrogens is 406 g/mol. The number of nitrogens with zero attached hydrogens (tertiary/aromatic N) is 2. The molecule has 9 heteroatoms. The number of ether oxygens (including phenoxy) is 1. The van der Waals surface area contributed by atoms with Gasteiger partial charge in [0.25, 0.3) is 5.91 Å². The molecule has 0 aliphatic carbocycles. The van der Waals surface area contributed by atoms with Gasteiger partial charge in [-0.3, -0.25) is 10.1 Å². The lowest BCUT2D eigenvalue weighted by atomic mass is 10.1. The van der Waals surface area contributed by atoms with Crippen LogP contribution in [0.1, 0.15) is 15.9 Å². The van der Waals surface area contributed by atoms with Crippen LogP contribution in [-0.2, 0) is 9.53 Å². The van der Waals surface area contributed by atoms with Crippen LogP contribution in [0.2, 0.25) is 0 Å². The highest BCUT2D eigenvalue weighted by atomic mass is 32.1. The van der Waals surface area contributed by atoms with Crippen molar-refractivity contribution in [3.05, 3.63) is 64.5 Å². The van der Waals surface area contributed by atoms with Gasteiger partial charge in [0, 0.05) is 10.9 Å². The lowest BCUT2D eigenvalue weighted by molar-refractivity contribution is -0.112. The van der Waals surface area contributed by atoms with Crippen molar-refractivity contribution in [1.29, 1.82) is 5.26 Å². The minimum atomic E-state index is -0.660. The van der Waals surface area contributed by atoms with Crippen molar-refractivity contribution in [2.45, 2.75) is 0 Å². The van der Waals surface area contributed by atoms with Crippen LogP contribution in [0.5, 0.6) is 11.5 Å². The maximum absolute atomic E-state index is 12.4. The molecule has 0 radical (unpaired) electrons. The number of phenolic OH excluding ortho intramolecular Hbond substituents is 2. The molecule has 3 rings (SSSR count). The first-order chi connectivity index (χ1) is 14.4. The quantitative estimate of drug-likeness (QED) is 0.248. The fourth-order valence-corrected chi connectivity index (χ4v) is 3.18. The van der Waals surface area contributed by atoms with Gasteiger partial charge in [-0.1, -0.05) is 18.2 Å². The fourth-order valence-electron chi connectivity index (χ4n) is 2.47. The highest BCUT2D eigenvalue weighted by Crippen LogP contribution is 2.27. The summed E-state index contributed by atoms with van der Waals surface area (Å²) in [7, 11) is 1.31. The van der Waals surface area contributed by atoms with Gasteiger partial charge < -0.3 is 14.9 Å². The number of thiazole rings is 1. The van der Waals surface area contributed by atoms with Gasteiger partial charge in [-0.05, 0) is 35.9 Å². The van der Waals surface area contributed by atoms with Gasteiger partial charge in [-0.15, -0.1) is 11.3 Å². The van der Waals surface area contributed by atoms with Crippen LogP contribution < -0.4 is 5.32 Å². The number of aromatic nitrogens is 1. The number of benzene rings is 2. The van der Waals surface area contributed by atoms with Gasteiger partial charge in [-0.2, -0.15) is 5.26 Å². The van der Waals surface area contributed by atoms with Crippen LogP contribution in [0.4, 0.5) is 5.13 Å². The zero-order valence-corrected chi connectivity index (χ0v) is 16.4. The highest BCUT2D eigenvalue weighted by molar-refractivity contribution is 7.14. The molecule has 0 aliphatic heterocycles. The fraction of sp³-hybridized carbons (Fsp3) is 0.0476. The molecule has 1 heterocycles. The summed E-state index contributed by atoms with van der Waals surface area (Å²) in [4.78, 5) is 28.2. The van der Waals surface area contributed by atoms with E-state index in [0.29, 0.717) is 22.0 Å². The van der Waals surface area contributed by atoms with Crippen molar-refractivity contribution in [2.24, 2.45) is 0 Å². The largest absolute Gasteiger partial charge is 0.504 e. The maximum atomic E-state index is 12.4. The van der Waals surface area contributed by atoms with Crippen LogP contribution in [0.3, 0.4) is 0 Å². The average Bonchev–Trinajstić information content (AvgIpc) is 3.22. The first kappa shape index (κ1) is 20.6. The van der Waals surface area contributed by atoms with Gasteiger partial charge >= 0.3 is 5.97 Å². The van der Waals surface area contributed by atoms with E-state index in [0.717, 1.165) is 5.56 Å². The molecule has 0 aliphatic rings. The lowest BCUT2D eigenvalue weighted by Gasteiger charge is -2.02. The number of nitriles is 1. The third-order valence-electron chi connectivity index (χ3n) is 4.00. The minimum absolute atomic E-state index is 0.195.